The molecule has 6 heterocycles. The van der Waals surface area contributed by atoms with Crippen molar-refractivity contribution in [3.63, 3.8) is 0 Å². The highest BCUT2D eigenvalue weighted by atomic mass is 32.2. The first kappa shape index (κ1) is 39.1. The summed E-state index contributed by atoms with van der Waals surface area (Å²) in [5, 5.41) is 0. The number of nitrogens with one attached hydrogen (secondary N) is 1. The van der Waals surface area contributed by atoms with Gasteiger partial charge in [-0.2, -0.15) is 0 Å². The molecule has 2 fully saturated rings. The minimum Gasteiger partial charge on any atom is -0.397 e. The molecule has 2 aliphatic rings. The van der Waals surface area contributed by atoms with Crippen LogP contribution in [0.3, 0.4) is 0 Å². The van der Waals surface area contributed by atoms with Crippen molar-refractivity contribution < 1.29 is 41.0 Å². The van der Waals surface area contributed by atoms with Crippen molar-refractivity contribution in [1.29, 1.82) is 0 Å². The van der Waals surface area contributed by atoms with Crippen molar-refractivity contribution in [2.45, 2.75) is 95.4 Å². The minimum absolute atomic E-state index is 0.0362. The summed E-state index contributed by atoms with van der Waals surface area (Å²) in [5.74, 6) is -0.292. The van der Waals surface area contributed by atoms with Crippen LogP contribution in [0.25, 0.3) is 22.3 Å². The van der Waals surface area contributed by atoms with Crippen molar-refractivity contribution in [1.82, 2.24) is 38.5 Å². The van der Waals surface area contributed by atoms with Crippen LogP contribution in [0.4, 0.5) is 11.5 Å². The van der Waals surface area contributed by atoms with Gasteiger partial charge in [0.2, 0.25) is 10.0 Å². The number of imidazole rings is 2. The van der Waals surface area contributed by atoms with Crippen LogP contribution in [0.15, 0.2) is 61.6 Å². The van der Waals surface area contributed by atoms with Crippen molar-refractivity contribution in [2.75, 3.05) is 24.7 Å². The maximum absolute atomic E-state index is 14.9. The van der Waals surface area contributed by atoms with E-state index < -0.39 is 60.4 Å². The lowest BCUT2D eigenvalue weighted by molar-refractivity contribution is -0.0786. The van der Waals surface area contributed by atoms with Crippen LogP contribution in [-0.4, -0.2) is 92.3 Å². The molecule has 3 unspecified atom stereocenters. The van der Waals surface area contributed by atoms with Gasteiger partial charge in [-0.05, 0) is 39.3 Å². The molecule has 7 atom stereocenters. The highest BCUT2D eigenvalue weighted by Crippen LogP contribution is 2.51. The molecule has 0 bridgehead atoms. The first-order chi connectivity index (χ1) is 26.3. The van der Waals surface area contributed by atoms with E-state index in [0.717, 1.165) is 0 Å². The topological polar surface area (TPSA) is 245 Å². The van der Waals surface area contributed by atoms with Crippen molar-refractivity contribution in [2.24, 2.45) is 0 Å². The fourth-order valence-corrected chi connectivity index (χ4v) is 10.2. The van der Waals surface area contributed by atoms with E-state index >= 15 is 0 Å². The zero-order valence-corrected chi connectivity index (χ0v) is 32.5. The summed E-state index contributed by atoms with van der Waals surface area (Å²) in [6.07, 6.45) is 1.59. The summed E-state index contributed by atoms with van der Waals surface area (Å²) in [7, 11) is -9.04. The Labute approximate surface area is 317 Å². The lowest BCUT2D eigenvalue weighted by Crippen LogP contribution is -2.35. The average Bonchev–Trinajstić information content (AvgIpc) is 3.92. The summed E-state index contributed by atoms with van der Waals surface area (Å²) < 4.78 is 85.1. The number of nitrogens with zero attached hydrogens (tertiary/aromatic N) is 7. The monoisotopic (exact) mass is 800 g/mol. The molecule has 2 saturated heterocycles. The van der Waals surface area contributed by atoms with Gasteiger partial charge in [0.15, 0.2) is 17.1 Å². The quantitative estimate of drug-likeness (QED) is 0.120. The number of anilines is 2. The molecule has 296 valence electrons. The number of nitrogen functional groups attached to an aromatic ring is 2. The van der Waals surface area contributed by atoms with Crippen LogP contribution in [0.1, 0.15) is 58.6 Å². The predicted molar refractivity (Wildman–Crippen MR) is 200 cm³/mol. The second kappa shape index (κ2) is 16.2. The van der Waals surface area contributed by atoms with Crippen molar-refractivity contribution in [3.8, 4) is 0 Å². The largest absolute Gasteiger partial charge is 0.419 e. The van der Waals surface area contributed by atoms with Gasteiger partial charge in [-0.15, -0.1) is 4.49 Å². The maximum Gasteiger partial charge on any atom is 0.419 e. The summed E-state index contributed by atoms with van der Waals surface area (Å²) in [4.78, 5) is 21.5. The van der Waals surface area contributed by atoms with E-state index in [0.29, 0.717) is 40.0 Å². The zero-order valence-electron chi connectivity index (χ0n) is 30.7. The van der Waals surface area contributed by atoms with Crippen LogP contribution < -0.4 is 16.0 Å². The number of hydrogen-bond acceptors (Lipinski definition) is 16. The van der Waals surface area contributed by atoms with Crippen LogP contribution in [0, 0.1) is 0 Å². The van der Waals surface area contributed by atoms with Crippen LogP contribution >= 0.6 is 7.75 Å². The molecule has 2 aliphatic heterocycles. The number of ether oxygens (including phenoxy) is 4. The molecule has 1 aromatic carbocycles. The highest BCUT2D eigenvalue weighted by molar-refractivity contribution is 7.94. The Morgan fingerprint density at radius 3 is 2.20 bits per heavy atom. The highest BCUT2D eigenvalue weighted by Gasteiger charge is 2.46. The molecule has 7 rings (SSSR count). The molecule has 5 aromatic rings. The molecule has 5 N–H and O–H groups in total. The van der Waals surface area contributed by atoms with E-state index in [-0.39, 0.29) is 37.7 Å². The normalized spacial score (nSPS) is 24.4. The van der Waals surface area contributed by atoms with Gasteiger partial charge < -0.3 is 30.4 Å². The number of aromatic nitrogens is 7. The molecule has 0 saturated carbocycles. The first-order valence-corrected chi connectivity index (χ1v) is 21.0. The molecule has 4 aromatic heterocycles. The molecule has 0 spiro atoms. The Morgan fingerprint density at radius 2 is 1.51 bits per heavy atom. The third kappa shape index (κ3) is 8.98. The maximum atomic E-state index is 14.9. The van der Waals surface area contributed by atoms with E-state index in [1.165, 1.54) is 12.7 Å². The van der Waals surface area contributed by atoms with Crippen molar-refractivity contribution >= 4 is 51.6 Å². The van der Waals surface area contributed by atoms with Gasteiger partial charge in [0, 0.05) is 19.0 Å². The second-order valence-corrected chi connectivity index (χ2v) is 17.6. The number of benzene rings is 1. The lowest BCUT2D eigenvalue weighted by atomic mass is 10.2. The van der Waals surface area contributed by atoms with E-state index in [1.807, 2.05) is 27.7 Å². The summed E-state index contributed by atoms with van der Waals surface area (Å²) in [6.45, 7) is 7.15. The fourth-order valence-electron chi connectivity index (χ4n) is 6.60. The number of nitrogens with two attached hydrogens (primary N) is 2. The molecule has 0 amide bonds. The van der Waals surface area contributed by atoms with E-state index in [9.17, 15) is 13.0 Å². The Balaban J connectivity index is 1.16. The zero-order chi connectivity index (χ0) is 38.9. The SMILES string of the molecule is CC(C)OC[C@H]1OC(n2cnc3c(N)ncnc32)C[C@H]1OP(=O)(NS(=O)(=O)Cc1ccccc1)OC[C@H]1OC(n2cnc3c(N)ccnc32)C[C@H]1OC(C)C. The van der Waals surface area contributed by atoms with E-state index in [2.05, 4.69) is 29.4 Å². The van der Waals surface area contributed by atoms with Gasteiger partial charge in [-0.1, -0.05) is 30.3 Å². The Hall–Kier alpha value is -4.11. The second-order valence-electron chi connectivity index (χ2n) is 13.9. The fraction of sp³-hybridized carbons (Fsp3) is 0.500. The standard InChI is InChI=1S/C34H45N10O9PS/c1-20(2)48-14-26-25(13-29(51-26)44-19-41-31-32(36)38-17-39-34(31)44)53-54(45,42-55(46,47)16-22-8-6-5-7-9-22)49-15-27-24(50-21(3)4)12-28(52-27)43-18-40-30-23(35)10-11-37-33(30)43/h5-11,17-21,24-29H,12-16H2,1-4H3,(H2,35,37)(H,42,45)(H2,36,38,39)/t24-,25-,26-,27-,28?,29?,54?/m1/s1. The molecule has 19 nitrogen and oxygen atoms in total. The number of rotatable bonds is 16. The van der Waals surface area contributed by atoms with Gasteiger partial charge >= 0.3 is 7.75 Å². The van der Waals surface area contributed by atoms with Gasteiger partial charge in [0.05, 0.1) is 55.6 Å². The summed E-state index contributed by atoms with van der Waals surface area (Å²) >= 11 is 0. The van der Waals surface area contributed by atoms with Gasteiger partial charge in [0.25, 0.3) is 0 Å². The minimum atomic E-state index is -4.74. The first-order valence-electron chi connectivity index (χ1n) is 17.8. The number of hydrogen-bond donors (Lipinski definition) is 3. The van der Waals surface area contributed by atoms with Crippen molar-refractivity contribution in [3.05, 3.63) is 67.1 Å². The smallest absolute Gasteiger partial charge is 0.397 e. The van der Waals surface area contributed by atoms with Gasteiger partial charge in [0.1, 0.15) is 48.1 Å². The predicted octanol–water partition coefficient (Wildman–Crippen LogP) is 3.86. The number of pyridine rings is 1. The molecular formula is C34H45N10O9PS. The Kier molecular flexibility index (Phi) is 11.5. The number of fused-ring (bicyclic) bond motifs is 2. The molecule has 55 heavy (non-hydrogen) atoms. The molecule has 0 radical (unpaired) electrons. The average molecular weight is 801 g/mol. The Bertz CT molecular complexity index is 2260. The molecule has 21 heteroatoms. The number of sulfonamides is 1. The van der Waals surface area contributed by atoms with E-state index in [1.54, 1.807) is 58.1 Å². The third-order valence-corrected chi connectivity index (χ3v) is 12.8. The summed E-state index contributed by atoms with van der Waals surface area (Å²) in [5.41, 5.74) is 14.9. The molecular weight excluding hydrogens is 755 g/mol. The molecule has 0 aliphatic carbocycles. The van der Waals surface area contributed by atoms with Gasteiger partial charge in [-0.3, -0.25) is 18.2 Å². The van der Waals surface area contributed by atoms with Crippen LogP contribution in [0.5, 0.6) is 0 Å². The van der Waals surface area contributed by atoms with Crippen LogP contribution in [-0.2, 0) is 48.3 Å². The van der Waals surface area contributed by atoms with Gasteiger partial charge in [-0.25, -0.2) is 37.9 Å². The lowest BCUT2D eigenvalue weighted by Gasteiger charge is -2.27. The van der Waals surface area contributed by atoms with Crippen LogP contribution in [0.2, 0.25) is 0 Å². The Morgan fingerprint density at radius 1 is 0.855 bits per heavy atom. The van der Waals surface area contributed by atoms with E-state index in [4.69, 9.17) is 39.5 Å². The summed E-state index contributed by atoms with van der Waals surface area (Å²) in [6, 6.07) is 10.1. The third-order valence-electron chi connectivity index (χ3n) is 9.03.